The van der Waals surface area contributed by atoms with Crippen molar-refractivity contribution >= 4 is 28.7 Å². The molecule has 0 aromatic carbocycles. The molecule has 0 unspecified atom stereocenters. The molecule has 1 aromatic heterocycles. The maximum Gasteiger partial charge on any atom is 0.407 e. The standard InChI is InChI=1S/C12H20IN3O2/c1-12(2,3)18-11(17)14-7-5-4-6-10-15-8-9(13)16-10/h8H,4-7H2,1-3H3,(H,14,17)(H,15,16). The summed E-state index contributed by atoms with van der Waals surface area (Å²) in [4.78, 5) is 18.7. The highest BCUT2D eigenvalue weighted by Crippen LogP contribution is 2.07. The van der Waals surface area contributed by atoms with Crippen LogP contribution in [0.3, 0.4) is 0 Å². The number of aromatic amines is 1. The number of H-pyrrole nitrogens is 1. The first-order valence-electron chi connectivity index (χ1n) is 6.03. The molecule has 1 amide bonds. The highest BCUT2D eigenvalue weighted by atomic mass is 127. The van der Waals surface area contributed by atoms with Crippen LogP contribution in [-0.4, -0.2) is 28.2 Å². The second-order valence-corrected chi connectivity index (χ2v) is 6.23. The average Bonchev–Trinajstić information content (AvgIpc) is 2.61. The van der Waals surface area contributed by atoms with Crippen molar-refractivity contribution in [2.75, 3.05) is 6.54 Å². The Morgan fingerprint density at radius 3 is 2.78 bits per heavy atom. The number of ether oxygens (including phenoxy) is 1. The number of imidazole rings is 1. The van der Waals surface area contributed by atoms with E-state index in [-0.39, 0.29) is 6.09 Å². The van der Waals surface area contributed by atoms with Crippen molar-refractivity contribution < 1.29 is 9.53 Å². The summed E-state index contributed by atoms with van der Waals surface area (Å²) in [6.45, 7) is 6.19. The molecule has 0 saturated heterocycles. The summed E-state index contributed by atoms with van der Waals surface area (Å²) < 4.78 is 6.19. The Bertz CT molecular complexity index is 385. The van der Waals surface area contributed by atoms with Crippen LogP contribution in [0.2, 0.25) is 0 Å². The molecule has 0 radical (unpaired) electrons. The van der Waals surface area contributed by atoms with Gasteiger partial charge in [-0.3, -0.25) is 0 Å². The van der Waals surface area contributed by atoms with Gasteiger partial charge in [-0.05, 0) is 56.2 Å². The second kappa shape index (κ2) is 6.96. The lowest BCUT2D eigenvalue weighted by Gasteiger charge is -2.19. The van der Waals surface area contributed by atoms with Gasteiger partial charge >= 0.3 is 6.09 Å². The Kier molecular flexibility index (Phi) is 5.90. The molecule has 18 heavy (non-hydrogen) atoms. The van der Waals surface area contributed by atoms with Crippen LogP contribution < -0.4 is 5.32 Å². The molecule has 102 valence electrons. The summed E-state index contributed by atoms with van der Waals surface area (Å²) in [5.74, 6) is 0.997. The minimum absolute atomic E-state index is 0.352. The fraction of sp³-hybridized carbons (Fsp3) is 0.667. The fourth-order valence-corrected chi connectivity index (χ4v) is 1.84. The Hall–Kier alpha value is -0.790. The van der Waals surface area contributed by atoms with E-state index in [0.717, 1.165) is 28.8 Å². The lowest BCUT2D eigenvalue weighted by atomic mass is 10.2. The van der Waals surface area contributed by atoms with Gasteiger partial charge in [0, 0.05) is 13.0 Å². The van der Waals surface area contributed by atoms with E-state index in [1.54, 1.807) is 0 Å². The summed E-state index contributed by atoms with van der Waals surface area (Å²) >= 11 is 2.20. The molecule has 0 fully saturated rings. The zero-order valence-corrected chi connectivity index (χ0v) is 13.2. The molecule has 0 atom stereocenters. The van der Waals surface area contributed by atoms with Crippen LogP contribution >= 0.6 is 22.6 Å². The van der Waals surface area contributed by atoms with Crippen LogP contribution in [0.1, 0.15) is 39.4 Å². The van der Waals surface area contributed by atoms with E-state index in [4.69, 9.17) is 4.74 Å². The summed E-state index contributed by atoms with van der Waals surface area (Å²) in [5, 5.41) is 2.74. The van der Waals surface area contributed by atoms with Crippen LogP contribution in [0.5, 0.6) is 0 Å². The molecule has 1 heterocycles. The third-order valence-corrected chi connectivity index (χ3v) is 2.65. The molecular formula is C12H20IN3O2. The van der Waals surface area contributed by atoms with Gasteiger partial charge in [-0.2, -0.15) is 0 Å². The Labute approximate surface area is 121 Å². The van der Waals surface area contributed by atoms with Gasteiger partial charge in [0.1, 0.15) is 11.4 Å². The highest BCUT2D eigenvalue weighted by Gasteiger charge is 2.15. The number of aryl methyl sites for hydroxylation is 1. The average molecular weight is 365 g/mol. The Morgan fingerprint density at radius 1 is 1.50 bits per heavy atom. The molecule has 0 aliphatic rings. The zero-order valence-electron chi connectivity index (χ0n) is 11.0. The van der Waals surface area contributed by atoms with E-state index in [1.165, 1.54) is 0 Å². The first kappa shape index (κ1) is 15.3. The van der Waals surface area contributed by atoms with Crippen LogP contribution in [0.25, 0.3) is 0 Å². The van der Waals surface area contributed by atoms with Crippen molar-refractivity contribution in [3.8, 4) is 0 Å². The van der Waals surface area contributed by atoms with Crippen LogP contribution in [-0.2, 0) is 11.2 Å². The van der Waals surface area contributed by atoms with E-state index in [1.807, 2.05) is 27.0 Å². The van der Waals surface area contributed by atoms with Crippen molar-refractivity contribution in [3.63, 3.8) is 0 Å². The molecule has 0 aliphatic heterocycles. The van der Waals surface area contributed by atoms with Gasteiger partial charge < -0.3 is 15.0 Å². The molecule has 1 rings (SSSR count). The van der Waals surface area contributed by atoms with Crippen LogP contribution in [0.15, 0.2) is 6.20 Å². The third-order valence-electron chi connectivity index (χ3n) is 2.11. The number of nitrogens with one attached hydrogen (secondary N) is 2. The molecular weight excluding hydrogens is 345 g/mol. The van der Waals surface area contributed by atoms with Gasteiger partial charge in [0.15, 0.2) is 0 Å². The number of halogens is 1. The second-order valence-electron chi connectivity index (χ2n) is 5.06. The van der Waals surface area contributed by atoms with Gasteiger partial charge in [-0.15, -0.1) is 0 Å². The molecule has 0 aliphatic carbocycles. The monoisotopic (exact) mass is 365 g/mol. The molecule has 5 nitrogen and oxygen atoms in total. The number of hydrogen-bond donors (Lipinski definition) is 2. The number of carbonyl (C=O) groups is 1. The predicted molar refractivity (Wildman–Crippen MR) is 78.5 cm³/mol. The zero-order chi connectivity index (χ0) is 13.6. The maximum absolute atomic E-state index is 11.3. The normalized spacial score (nSPS) is 11.3. The molecule has 1 aromatic rings. The summed E-state index contributed by atoms with van der Waals surface area (Å²) in [6.07, 6.45) is 4.26. The number of rotatable bonds is 5. The first-order valence-corrected chi connectivity index (χ1v) is 7.11. The Morgan fingerprint density at radius 2 is 2.22 bits per heavy atom. The van der Waals surface area contributed by atoms with Gasteiger partial charge in [0.25, 0.3) is 0 Å². The van der Waals surface area contributed by atoms with Gasteiger partial charge in [0.05, 0.1) is 9.90 Å². The number of carbonyl (C=O) groups excluding carboxylic acids is 1. The van der Waals surface area contributed by atoms with E-state index >= 15 is 0 Å². The SMILES string of the molecule is CC(C)(C)OC(=O)NCCCCc1ncc(I)[nH]1. The number of aromatic nitrogens is 2. The summed E-state index contributed by atoms with van der Waals surface area (Å²) in [5.41, 5.74) is -0.436. The molecule has 0 bridgehead atoms. The van der Waals surface area contributed by atoms with Gasteiger partial charge in [0.2, 0.25) is 0 Å². The van der Waals surface area contributed by atoms with Crippen LogP contribution in [0, 0.1) is 3.70 Å². The number of alkyl carbamates (subject to hydrolysis) is 1. The van der Waals surface area contributed by atoms with Crippen molar-refractivity contribution in [2.45, 2.75) is 45.6 Å². The number of unbranched alkanes of at least 4 members (excludes halogenated alkanes) is 1. The molecule has 2 N–H and O–H groups in total. The number of nitrogens with zero attached hydrogens (tertiary/aromatic N) is 1. The fourth-order valence-electron chi connectivity index (χ4n) is 1.39. The smallest absolute Gasteiger partial charge is 0.407 e. The highest BCUT2D eigenvalue weighted by molar-refractivity contribution is 14.1. The van der Waals surface area contributed by atoms with E-state index in [2.05, 4.69) is 37.9 Å². The van der Waals surface area contributed by atoms with Crippen molar-refractivity contribution in [1.82, 2.24) is 15.3 Å². The Balaban J connectivity index is 2.07. The summed E-state index contributed by atoms with van der Waals surface area (Å²) in [7, 11) is 0. The van der Waals surface area contributed by atoms with Crippen molar-refractivity contribution in [2.24, 2.45) is 0 Å². The van der Waals surface area contributed by atoms with E-state index in [0.29, 0.717) is 6.54 Å². The van der Waals surface area contributed by atoms with Gasteiger partial charge in [-0.1, -0.05) is 0 Å². The van der Waals surface area contributed by atoms with Crippen LogP contribution in [0.4, 0.5) is 4.79 Å². The third kappa shape index (κ3) is 6.83. The predicted octanol–water partition coefficient (Wildman–Crippen LogP) is 2.86. The molecule has 0 spiro atoms. The van der Waals surface area contributed by atoms with E-state index in [9.17, 15) is 4.79 Å². The van der Waals surface area contributed by atoms with Gasteiger partial charge in [-0.25, -0.2) is 9.78 Å². The lowest BCUT2D eigenvalue weighted by molar-refractivity contribution is 0.0527. The first-order chi connectivity index (χ1) is 8.37. The number of hydrogen-bond acceptors (Lipinski definition) is 3. The lowest BCUT2D eigenvalue weighted by Crippen LogP contribution is -2.33. The maximum atomic E-state index is 11.3. The minimum Gasteiger partial charge on any atom is -0.444 e. The minimum atomic E-state index is -0.436. The summed E-state index contributed by atoms with van der Waals surface area (Å²) in [6, 6.07) is 0. The molecule has 0 saturated carbocycles. The quantitative estimate of drug-likeness (QED) is 0.623. The van der Waals surface area contributed by atoms with Crippen molar-refractivity contribution in [1.29, 1.82) is 0 Å². The largest absolute Gasteiger partial charge is 0.444 e. The van der Waals surface area contributed by atoms with Crippen molar-refractivity contribution in [3.05, 3.63) is 15.7 Å². The topological polar surface area (TPSA) is 67.0 Å². The number of amides is 1. The van der Waals surface area contributed by atoms with E-state index < -0.39 is 5.60 Å². The molecule has 6 heteroatoms.